The number of carbonyl (C=O) groups is 1. The number of nitriles is 1. The summed E-state index contributed by atoms with van der Waals surface area (Å²) in [5.41, 5.74) is 2.19. The second-order valence-electron chi connectivity index (χ2n) is 9.55. The molecule has 3 aliphatic rings. The van der Waals surface area contributed by atoms with Gasteiger partial charge in [0.25, 0.3) is 0 Å². The molecule has 2 atom stereocenters. The van der Waals surface area contributed by atoms with Crippen molar-refractivity contribution < 1.29 is 14.3 Å². The van der Waals surface area contributed by atoms with E-state index in [2.05, 4.69) is 31.3 Å². The van der Waals surface area contributed by atoms with Crippen molar-refractivity contribution in [2.45, 2.75) is 31.7 Å². The van der Waals surface area contributed by atoms with Gasteiger partial charge in [-0.2, -0.15) is 5.26 Å². The number of H-pyrrole nitrogens is 1. The average Bonchev–Trinajstić information content (AvgIpc) is 3.34. The van der Waals surface area contributed by atoms with Crippen molar-refractivity contribution in [3.8, 4) is 28.5 Å². The highest BCUT2D eigenvalue weighted by atomic mass is 19.1. The summed E-state index contributed by atoms with van der Waals surface area (Å²) in [6.07, 6.45) is 8.28. The predicted octanol–water partition coefficient (Wildman–Crippen LogP) is 5.00. The van der Waals surface area contributed by atoms with Crippen LogP contribution in [0.5, 0.6) is 0 Å². The van der Waals surface area contributed by atoms with Gasteiger partial charge in [0.2, 0.25) is 0 Å². The molecule has 0 aliphatic heterocycles. The van der Waals surface area contributed by atoms with Gasteiger partial charge in [-0.1, -0.05) is 30.3 Å². The van der Waals surface area contributed by atoms with E-state index in [9.17, 15) is 15.2 Å². The molecule has 0 amide bonds. The number of pyridine rings is 1. The lowest BCUT2D eigenvalue weighted by Crippen LogP contribution is -2.51. The standard InChI is InChI=1S/C27H23FN6O2/c28-22-20(14-4-2-1-3-5-14)17(10-29)24(18-12-31-25-19(18)11-30-13-32-25)34-26(22)33-23-16-8-6-15(7-9-16)21(23)27(35)36/h1-5,11-13,15-16,21,23H,6-9H2,(H,33,34)(H,35,36)(H,30,31,32). The van der Waals surface area contributed by atoms with E-state index in [1.807, 2.05) is 6.07 Å². The number of aromatic amines is 1. The fourth-order valence-electron chi connectivity index (χ4n) is 6.06. The van der Waals surface area contributed by atoms with Crippen LogP contribution in [-0.2, 0) is 4.79 Å². The van der Waals surface area contributed by atoms with Crippen molar-refractivity contribution in [1.29, 1.82) is 5.26 Å². The molecule has 3 N–H and O–H groups in total. The van der Waals surface area contributed by atoms with Crippen LogP contribution < -0.4 is 5.32 Å². The molecule has 0 saturated heterocycles. The van der Waals surface area contributed by atoms with E-state index in [1.54, 1.807) is 36.7 Å². The normalized spacial score (nSPS) is 22.9. The number of carboxylic acids is 1. The Morgan fingerprint density at radius 3 is 2.64 bits per heavy atom. The summed E-state index contributed by atoms with van der Waals surface area (Å²) in [4.78, 5) is 28.2. The summed E-state index contributed by atoms with van der Waals surface area (Å²) in [7, 11) is 0. The Bertz CT molecular complexity index is 1500. The van der Waals surface area contributed by atoms with Crippen LogP contribution in [0.25, 0.3) is 33.4 Å². The fraction of sp³-hybridized carbons (Fsp3) is 0.296. The number of aromatic nitrogens is 4. The molecule has 180 valence electrons. The minimum atomic E-state index is -0.867. The number of hydrogen-bond acceptors (Lipinski definition) is 6. The minimum absolute atomic E-state index is 0.0437. The SMILES string of the molecule is N#Cc1c(-c2c[nH]c3ncncc23)nc(NC2C3CCC(CC3)C2C(=O)O)c(F)c1-c1ccccc1. The van der Waals surface area contributed by atoms with Gasteiger partial charge in [-0.3, -0.25) is 4.79 Å². The van der Waals surface area contributed by atoms with Gasteiger partial charge in [-0.15, -0.1) is 0 Å². The van der Waals surface area contributed by atoms with Crippen LogP contribution in [0.15, 0.2) is 49.1 Å². The molecule has 36 heavy (non-hydrogen) atoms. The fourth-order valence-corrected chi connectivity index (χ4v) is 6.06. The monoisotopic (exact) mass is 482 g/mol. The number of fused-ring (bicyclic) bond motifs is 4. The molecular weight excluding hydrogens is 459 g/mol. The van der Waals surface area contributed by atoms with Crippen LogP contribution >= 0.6 is 0 Å². The number of hydrogen-bond donors (Lipinski definition) is 3. The second kappa shape index (κ2) is 8.72. The average molecular weight is 483 g/mol. The Kier molecular flexibility index (Phi) is 5.37. The maximum atomic E-state index is 16.2. The molecule has 8 nitrogen and oxygen atoms in total. The third kappa shape index (κ3) is 3.49. The summed E-state index contributed by atoms with van der Waals surface area (Å²) in [5.74, 6) is -2.00. The third-order valence-electron chi connectivity index (χ3n) is 7.73. The molecule has 0 radical (unpaired) electrons. The summed E-state index contributed by atoms with van der Waals surface area (Å²) in [6, 6.07) is 10.6. The van der Waals surface area contributed by atoms with E-state index in [4.69, 9.17) is 0 Å². The lowest BCUT2D eigenvalue weighted by Gasteiger charge is -2.47. The van der Waals surface area contributed by atoms with Gasteiger partial charge in [0, 0.05) is 34.9 Å². The summed E-state index contributed by atoms with van der Waals surface area (Å²) in [6.45, 7) is 0. The quantitative estimate of drug-likeness (QED) is 0.365. The van der Waals surface area contributed by atoms with Crippen LogP contribution in [0.1, 0.15) is 31.2 Å². The van der Waals surface area contributed by atoms with Crippen LogP contribution in [0.2, 0.25) is 0 Å². The highest BCUT2D eigenvalue weighted by molar-refractivity contribution is 5.95. The molecule has 4 aromatic rings. The summed E-state index contributed by atoms with van der Waals surface area (Å²) in [5, 5.41) is 24.0. The molecule has 1 aromatic carbocycles. The van der Waals surface area contributed by atoms with Crippen LogP contribution in [0.4, 0.5) is 10.2 Å². The summed E-state index contributed by atoms with van der Waals surface area (Å²) >= 11 is 0. The van der Waals surface area contributed by atoms with Gasteiger partial charge in [0.05, 0.1) is 17.2 Å². The maximum absolute atomic E-state index is 16.2. The highest BCUT2D eigenvalue weighted by Gasteiger charge is 2.47. The lowest BCUT2D eigenvalue weighted by atomic mass is 9.61. The lowest BCUT2D eigenvalue weighted by molar-refractivity contribution is -0.148. The number of carboxylic acid groups (broad SMARTS) is 1. The van der Waals surface area contributed by atoms with E-state index in [0.29, 0.717) is 22.2 Å². The number of nitrogens with one attached hydrogen (secondary N) is 2. The van der Waals surface area contributed by atoms with Gasteiger partial charge in [0.15, 0.2) is 11.6 Å². The zero-order valence-corrected chi connectivity index (χ0v) is 19.3. The Balaban J connectivity index is 1.56. The number of nitrogens with zero attached hydrogens (tertiary/aromatic N) is 4. The topological polar surface area (TPSA) is 128 Å². The molecular formula is C27H23FN6O2. The number of benzene rings is 1. The molecule has 2 bridgehead atoms. The first kappa shape index (κ1) is 22.2. The van der Waals surface area contributed by atoms with Crippen molar-refractivity contribution >= 4 is 22.8 Å². The second-order valence-corrected chi connectivity index (χ2v) is 9.55. The van der Waals surface area contributed by atoms with Gasteiger partial charge < -0.3 is 15.4 Å². The van der Waals surface area contributed by atoms with E-state index in [0.717, 1.165) is 25.7 Å². The van der Waals surface area contributed by atoms with Gasteiger partial charge >= 0.3 is 5.97 Å². The molecule has 0 spiro atoms. The largest absolute Gasteiger partial charge is 0.481 e. The summed E-state index contributed by atoms with van der Waals surface area (Å²) < 4.78 is 16.2. The Morgan fingerprint density at radius 1 is 1.17 bits per heavy atom. The minimum Gasteiger partial charge on any atom is -0.481 e. The molecule has 3 aromatic heterocycles. The number of aliphatic carboxylic acids is 1. The van der Waals surface area contributed by atoms with Gasteiger partial charge in [0.1, 0.15) is 18.0 Å². The van der Waals surface area contributed by atoms with Crippen molar-refractivity contribution in [2.24, 2.45) is 17.8 Å². The molecule has 3 heterocycles. The number of anilines is 1. The molecule has 3 fully saturated rings. The van der Waals surface area contributed by atoms with E-state index >= 15 is 4.39 Å². The Hall–Kier alpha value is -4.32. The maximum Gasteiger partial charge on any atom is 0.308 e. The molecule has 3 aliphatic carbocycles. The van der Waals surface area contributed by atoms with Gasteiger partial charge in [-0.05, 0) is 43.1 Å². The highest BCUT2D eigenvalue weighted by Crippen LogP contribution is 2.47. The zero-order chi connectivity index (χ0) is 24.8. The third-order valence-corrected chi connectivity index (χ3v) is 7.73. The van der Waals surface area contributed by atoms with E-state index in [1.165, 1.54) is 6.33 Å². The Labute approximate surface area is 206 Å². The van der Waals surface area contributed by atoms with Crippen LogP contribution in [0, 0.1) is 34.9 Å². The first-order valence-electron chi connectivity index (χ1n) is 12.0. The van der Waals surface area contributed by atoms with Gasteiger partial charge in [-0.25, -0.2) is 19.3 Å². The van der Waals surface area contributed by atoms with Crippen LogP contribution in [-0.4, -0.2) is 37.1 Å². The van der Waals surface area contributed by atoms with E-state index in [-0.39, 0.29) is 34.5 Å². The van der Waals surface area contributed by atoms with Crippen LogP contribution in [0.3, 0.4) is 0 Å². The molecule has 2 unspecified atom stereocenters. The van der Waals surface area contributed by atoms with Crippen molar-refractivity contribution in [1.82, 2.24) is 19.9 Å². The Morgan fingerprint density at radius 2 is 1.92 bits per heavy atom. The van der Waals surface area contributed by atoms with Crippen molar-refractivity contribution in [3.05, 3.63) is 60.4 Å². The zero-order valence-electron chi connectivity index (χ0n) is 19.3. The first-order valence-corrected chi connectivity index (χ1v) is 12.0. The van der Waals surface area contributed by atoms with Crippen molar-refractivity contribution in [3.63, 3.8) is 0 Å². The predicted molar refractivity (Wildman–Crippen MR) is 131 cm³/mol. The smallest absolute Gasteiger partial charge is 0.308 e. The number of rotatable bonds is 5. The molecule has 3 saturated carbocycles. The number of halogens is 1. The molecule has 9 heteroatoms. The first-order chi connectivity index (χ1) is 17.6. The van der Waals surface area contributed by atoms with Crippen molar-refractivity contribution in [2.75, 3.05) is 5.32 Å². The van der Waals surface area contributed by atoms with E-state index < -0.39 is 23.7 Å². The molecule has 7 rings (SSSR count).